The largest absolute Gasteiger partial charge is 0.394 e. The van der Waals surface area contributed by atoms with Gasteiger partial charge in [-0.05, 0) is 85.5 Å². The standard InChI is InChI=1S/C21H32O3/c1-20-9-7-14(23)11-13(20)3-4-15-16-5-6-18(19(24)12-22)21(16,2)10-8-17(15)20/h11,15-19,22,24H,3-10,12H2,1-2H3. The summed E-state index contributed by atoms with van der Waals surface area (Å²) in [5, 5.41) is 19.8. The van der Waals surface area contributed by atoms with Crippen LogP contribution >= 0.6 is 0 Å². The summed E-state index contributed by atoms with van der Waals surface area (Å²) in [6, 6.07) is 0. The summed E-state index contributed by atoms with van der Waals surface area (Å²) in [6.45, 7) is 4.69. The molecule has 0 radical (unpaired) electrons. The monoisotopic (exact) mass is 332 g/mol. The number of carbonyl (C=O) groups is 1. The van der Waals surface area contributed by atoms with Gasteiger partial charge in [-0.1, -0.05) is 19.4 Å². The first kappa shape index (κ1) is 16.8. The molecule has 24 heavy (non-hydrogen) atoms. The summed E-state index contributed by atoms with van der Waals surface area (Å²) in [5.74, 6) is 2.70. The summed E-state index contributed by atoms with van der Waals surface area (Å²) in [4.78, 5) is 11.9. The average Bonchev–Trinajstić information content (AvgIpc) is 2.92. The van der Waals surface area contributed by atoms with Gasteiger partial charge >= 0.3 is 0 Å². The van der Waals surface area contributed by atoms with Gasteiger partial charge in [0, 0.05) is 6.42 Å². The average molecular weight is 332 g/mol. The molecular formula is C21H32O3. The molecule has 0 saturated heterocycles. The second kappa shape index (κ2) is 5.67. The molecule has 0 aromatic rings. The number of hydrogen-bond donors (Lipinski definition) is 2. The predicted molar refractivity (Wildman–Crippen MR) is 93.3 cm³/mol. The Labute approximate surface area is 145 Å². The van der Waals surface area contributed by atoms with Crippen LogP contribution in [-0.4, -0.2) is 28.7 Å². The Balaban J connectivity index is 1.63. The fraction of sp³-hybridized carbons (Fsp3) is 0.857. The zero-order valence-electron chi connectivity index (χ0n) is 15.1. The molecule has 4 rings (SSSR count). The van der Waals surface area contributed by atoms with E-state index >= 15 is 0 Å². The molecule has 3 fully saturated rings. The number of rotatable bonds is 2. The van der Waals surface area contributed by atoms with Gasteiger partial charge in [-0.25, -0.2) is 0 Å². The number of aliphatic hydroxyl groups is 2. The maximum Gasteiger partial charge on any atom is 0.155 e. The van der Waals surface area contributed by atoms with Gasteiger partial charge in [0.25, 0.3) is 0 Å². The van der Waals surface area contributed by atoms with Crippen molar-refractivity contribution in [2.75, 3.05) is 6.61 Å². The van der Waals surface area contributed by atoms with Gasteiger partial charge in [-0.15, -0.1) is 0 Å². The quantitative estimate of drug-likeness (QED) is 0.814. The number of hydrogen-bond acceptors (Lipinski definition) is 3. The molecule has 0 bridgehead atoms. The second-order valence-electron chi connectivity index (χ2n) is 9.45. The zero-order chi connectivity index (χ0) is 17.1. The minimum atomic E-state index is -0.557. The Morgan fingerprint density at radius 2 is 1.92 bits per heavy atom. The number of ketones is 1. The van der Waals surface area contributed by atoms with Crippen LogP contribution in [0.4, 0.5) is 0 Å². The Morgan fingerprint density at radius 1 is 1.12 bits per heavy atom. The molecule has 3 heteroatoms. The summed E-state index contributed by atoms with van der Waals surface area (Å²) < 4.78 is 0. The van der Waals surface area contributed by atoms with Crippen molar-refractivity contribution in [2.45, 2.75) is 71.3 Å². The van der Waals surface area contributed by atoms with Gasteiger partial charge in [0.1, 0.15) is 0 Å². The van der Waals surface area contributed by atoms with E-state index in [1.807, 2.05) is 6.08 Å². The molecule has 7 unspecified atom stereocenters. The normalized spacial score (nSPS) is 49.0. The minimum absolute atomic E-state index is 0.103. The van der Waals surface area contributed by atoms with Crippen LogP contribution in [0.15, 0.2) is 11.6 Å². The predicted octanol–water partition coefficient (Wildman–Crippen LogP) is 3.49. The maximum atomic E-state index is 11.9. The van der Waals surface area contributed by atoms with Gasteiger partial charge in [0.15, 0.2) is 5.78 Å². The lowest BCUT2D eigenvalue weighted by molar-refractivity contribution is -0.118. The van der Waals surface area contributed by atoms with Crippen molar-refractivity contribution >= 4 is 5.78 Å². The molecule has 2 N–H and O–H groups in total. The van der Waals surface area contributed by atoms with E-state index in [1.165, 1.54) is 24.8 Å². The number of fused-ring (bicyclic) bond motifs is 5. The summed E-state index contributed by atoms with van der Waals surface area (Å²) in [7, 11) is 0. The molecule has 7 atom stereocenters. The summed E-state index contributed by atoms with van der Waals surface area (Å²) >= 11 is 0. The zero-order valence-corrected chi connectivity index (χ0v) is 15.1. The van der Waals surface area contributed by atoms with Crippen LogP contribution in [0.1, 0.15) is 65.2 Å². The molecule has 0 heterocycles. The van der Waals surface area contributed by atoms with Gasteiger partial charge in [-0.2, -0.15) is 0 Å². The Bertz CT molecular complexity index is 567. The Hall–Kier alpha value is -0.670. The Kier molecular flexibility index (Phi) is 3.96. The van der Waals surface area contributed by atoms with E-state index in [9.17, 15) is 15.0 Å². The molecule has 0 spiro atoms. The van der Waals surface area contributed by atoms with Crippen LogP contribution < -0.4 is 0 Å². The molecule has 3 nitrogen and oxygen atoms in total. The lowest BCUT2D eigenvalue weighted by Gasteiger charge is -2.58. The van der Waals surface area contributed by atoms with E-state index in [2.05, 4.69) is 13.8 Å². The fourth-order valence-corrected chi connectivity index (χ4v) is 7.36. The number of allylic oxidation sites excluding steroid dienone is 1. The lowest BCUT2D eigenvalue weighted by Crippen LogP contribution is -2.51. The third-order valence-electron chi connectivity index (χ3n) is 8.69. The number of aliphatic hydroxyl groups excluding tert-OH is 2. The van der Waals surface area contributed by atoms with E-state index in [0.717, 1.165) is 38.0 Å². The van der Waals surface area contributed by atoms with Gasteiger partial charge in [0.05, 0.1) is 12.7 Å². The van der Waals surface area contributed by atoms with Crippen LogP contribution in [0, 0.1) is 34.5 Å². The molecule has 134 valence electrons. The van der Waals surface area contributed by atoms with Gasteiger partial charge < -0.3 is 10.2 Å². The SMILES string of the molecule is CC12CCC(=O)C=C1CCC1C2CCC2(C)C(C(O)CO)CCC12. The molecule has 4 aliphatic rings. The molecule has 0 aromatic heterocycles. The smallest absolute Gasteiger partial charge is 0.155 e. The topological polar surface area (TPSA) is 57.5 Å². The first-order chi connectivity index (χ1) is 11.4. The van der Waals surface area contributed by atoms with Crippen LogP contribution in [0.5, 0.6) is 0 Å². The fourth-order valence-electron chi connectivity index (χ4n) is 7.36. The third kappa shape index (κ3) is 2.20. The second-order valence-corrected chi connectivity index (χ2v) is 9.45. The minimum Gasteiger partial charge on any atom is -0.394 e. The molecular weight excluding hydrogens is 300 g/mol. The van der Waals surface area contributed by atoms with Crippen molar-refractivity contribution in [1.82, 2.24) is 0 Å². The van der Waals surface area contributed by atoms with Gasteiger partial charge in [0.2, 0.25) is 0 Å². The maximum absolute atomic E-state index is 11.9. The molecule has 0 amide bonds. The molecule has 0 aromatic carbocycles. The highest BCUT2D eigenvalue weighted by atomic mass is 16.3. The van der Waals surface area contributed by atoms with E-state index in [1.54, 1.807) is 0 Å². The first-order valence-electron chi connectivity index (χ1n) is 9.93. The summed E-state index contributed by atoms with van der Waals surface area (Å²) in [5.41, 5.74) is 1.84. The third-order valence-corrected chi connectivity index (χ3v) is 8.69. The highest BCUT2D eigenvalue weighted by Gasteiger charge is 2.59. The van der Waals surface area contributed by atoms with Gasteiger partial charge in [-0.3, -0.25) is 4.79 Å². The lowest BCUT2D eigenvalue weighted by atomic mass is 9.46. The van der Waals surface area contributed by atoms with Crippen LogP contribution in [0.25, 0.3) is 0 Å². The van der Waals surface area contributed by atoms with Crippen LogP contribution in [0.3, 0.4) is 0 Å². The van der Waals surface area contributed by atoms with Crippen molar-refractivity contribution in [3.8, 4) is 0 Å². The van der Waals surface area contributed by atoms with E-state index in [4.69, 9.17) is 0 Å². The van der Waals surface area contributed by atoms with E-state index in [-0.39, 0.29) is 23.4 Å². The first-order valence-corrected chi connectivity index (χ1v) is 9.93. The Morgan fingerprint density at radius 3 is 2.67 bits per heavy atom. The highest BCUT2D eigenvalue weighted by Crippen LogP contribution is 2.66. The van der Waals surface area contributed by atoms with Crippen molar-refractivity contribution in [3.05, 3.63) is 11.6 Å². The van der Waals surface area contributed by atoms with Crippen molar-refractivity contribution in [2.24, 2.45) is 34.5 Å². The molecule has 0 aliphatic heterocycles. The van der Waals surface area contributed by atoms with E-state index in [0.29, 0.717) is 17.6 Å². The number of carbonyl (C=O) groups excluding carboxylic acids is 1. The molecule has 3 saturated carbocycles. The van der Waals surface area contributed by atoms with Crippen LogP contribution in [0.2, 0.25) is 0 Å². The van der Waals surface area contributed by atoms with Crippen molar-refractivity contribution < 1.29 is 15.0 Å². The van der Waals surface area contributed by atoms with Crippen LogP contribution in [-0.2, 0) is 4.79 Å². The highest BCUT2D eigenvalue weighted by molar-refractivity contribution is 5.91. The van der Waals surface area contributed by atoms with Crippen molar-refractivity contribution in [3.63, 3.8) is 0 Å². The van der Waals surface area contributed by atoms with Crippen molar-refractivity contribution in [1.29, 1.82) is 0 Å². The molecule has 4 aliphatic carbocycles. The summed E-state index contributed by atoms with van der Waals surface area (Å²) in [6.07, 6.45) is 10.1. The van der Waals surface area contributed by atoms with E-state index < -0.39 is 6.10 Å².